The predicted molar refractivity (Wildman–Crippen MR) is 91.8 cm³/mol. The molecule has 6 nitrogen and oxygen atoms in total. The average molecular weight is 349 g/mol. The van der Waals surface area contributed by atoms with E-state index in [2.05, 4.69) is 0 Å². The second-order valence-electron chi connectivity index (χ2n) is 6.93. The van der Waals surface area contributed by atoms with Crippen molar-refractivity contribution in [2.24, 2.45) is 0 Å². The van der Waals surface area contributed by atoms with Crippen LogP contribution in [0.2, 0.25) is 0 Å². The molecule has 0 aliphatic carbocycles. The third-order valence-corrected chi connectivity index (χ3v) is 3.95. The summed E-state index contributed by atoms with van der Waals surface area (Å²) in [4.78, 5) is 15.0. The van der Waals surface area contributed by atoms with E-state index in [0.717, 1.165) is 0 Å². The van der Waals surface area contributed by atoms with E-state index in [-0.39, 0.29) is 30.8 Å². The maximum absolute atomic E-state index is 13.9. The molecule has 1 aliphatic rings. The molecule has 1 atom stereocenters. The van der Waals surface area contributed by atoms with Crippen molar-refractivity contribution in [2.45, 2.75) is 25.6 Å². The SMILES string of the molecule is CN(C)C(=O)COC[C@@H]1CN(c2cccc(F)c2C#N)CC(C)(C)O1. The fraction of sp³-hybridized carbons (Fsp3) is 0.556. The fourth-order valence-corrected chi connectivity index (χ4v) is 2.86. The van der Waals surface area contributed by atoms with Crippen LogP contribution in [0.1, 0.15) is 19.4 Å². The van der Waals surface area contributed by atoms with Crippen LogP contribution in [-0.2, 0) is 14.3 Å². The van der Waals surface area contributed by atoms with Gasteiger partial charge in [-0.25, -0.2) is 4.39 Å². The standard InChI is InChI=1S/C18H24FN3O3/c1-18(2)12-22(16-7-5-6-15(19)14(16)8-20)9-13(25-18)10-24-11-17(23)21(3)4/h5-7,13H,9-12H2,1-4H3/t13-/m0/s1. The van der Waals surface area contributed by atoms with E-state index in [1.165, 1.54) is 11.0 Å². The molecule has 0 radical (unpaired) electrons. The van der Waals surface area contributed by atoms with Gasteiger partial charge in [-0.05, 0) is 26.0 Å². The normalized spacial score (nSPS) is 19.4. The highest BCUT2D eigenvalue weighted by atomic mass is 19.1. The zero-order valence-corrected chi connectivity index (χ0v) is 15.1. The molecule has 0 unspecified atom stereocenters. The first-order chi connectivity index (χ1) is 11.7. The second kappa shape index (κ2) is 7.81. The van der Waals surface area contributed by atoms with E-state index in [4.69, 9.17) is 9.47 Å². The van der Waals surface area contributed by atoms with E-state index in [0.29, 0.717) is 18.8 Å². The summed E-state index contributed by atoms with van der Waals surface area (Å²) in [7, 11) is 3.34. The summed E-state index contributed by atoms with van der Waals surface area (Å²) in [6.07, 6.45) is -0.284. The number of morpholine rings is 1. The van der Waals surface area contributed by atoms with E-state index >= 15 is 0 Å². The number of hydrogen-bond acceptors (Lipinski definition) is 5. The van der Waals surface area contributed by atoms with Crippen LogP contribution in [0.5, 0.6) is 0 Å². The number of rotatable bonds is 5. The van der Waals surface area contributed by atoms with Gasteiger partial charge in [0.2, 0.25) is 5.91 Å². The van der Waals surface area contributed by atoms with Crippen LogP contribution >= 0.6 is 0 Å². The molecule has 1 aromatic carbocycles. The lowest BCUT2D eigenvalue weighted by molar-refractivity contribution is -0.139. The fourth-order valence-electron chi connectivity index (χ4n) is 2.86. The number of amides is 1. The molecule has 7 heteroatoms. The molecular formula is C18H24FN3O3. The Morgan fingerprint density at radius 2 is 2.24 bits per heavy atom. The molecule has 0 saturated carbocycles. The molecule has 0 aromatic heterocycles. The quantitative estimate of drug-likeness (QED) is 0.811. The number of benzene rings is 1. The molecule has 25 heavy (non-hydrogen) atoms. The van der Waals surface area contributed by atoms with E-state index in [1.54, 1.807) is 26.2 Å². The summed E-state index contributed by atoms with van der Waals surface area (Å²) in [5, 5.41) is 9.27. The number of anilines is 1. The molecular weight excluding hydrogens is 325 g/mol. The Labute approximate surface area is 147 Å². The van der Waals surface area contributed by atoms with Crippen LogP contribution in [-0.4, -0.2) is 62.9 Å². The summed E-state index contributed by atoms with van der Waals surface area (Å²) < 4.78 is 25.4. The topological polar surface area (TPSA) is 65.8 Å². The Kier molecular flexibility index (Phi) is 5.98. The lowest BCUT2D eigenvalue weighted by Crippen LogP contribution is -2.54. The van der Waals surface area contributed by atoms with Crippen LogP contribution < -0.4 is 4.90 Å². The minimum atomic E-state index is -0.534. The molecule has 1 heterocycles. The van der Waals surface area contributed by atoms with Crippen LogP contribution in [0.25, 0.3) is 0 Å². The van der Waals surface area contributed by atoms with Crippen LogP contribution in [0, 0.1) is 17.1 Å². The minimum absolute atomic E-state index is 0.0172. The number of carbonyl (C=O) groups excluding carboxylic acids is 1. The van der Waals surface area contributed by atoms with Crippen molar-refractivity contribution in [3.8, 4) is 6.07 Å². The van der Waals surface area contributed by atoms with Gasteiger partial charge in [-0.3, -0.25) is 4.79 Å². The highest BCUT2D eigenvalue weighted by molar-refractivity contribution is 5.76. The van der Waals surface area contributed by atoms with Crippen LogP contribution in [0.3, 0.4) is 0 Å². The summed E-state index contributed by atoms with van der Waals surface area (Å²) in [5.41, 5.74) is 0.0903. The molecule has 136 valence electrons. The highest BCUT2D eigenvalue weighted by Crippen LogP contribution is 2.29. The van der Waals surface area contributed by atoms with Gasteiger partial charge in [0.1, 0.15) is 24.1 Å². The number of likely N-dealkylation sites (N-methyl/N-ethyl adjacent to an activating group) is 1. The zero-order valence-electron chi connectivity index (χ0n) is 15.1. The van der Waals surface area contributed by atoms with Crippen molar-refractivity contribution < 1.29 is 18.7 Å². The van der Waals surface area contributed by atoms with Gasteiger partial charge in [0.25, 0.3) is 0 Å². The number of hydrogen-bond donors (Lipinski definition) is 0. The summed E-state index contributed by atoms with van der Waals surface area (Å²) in [5.74, 6) is -0.655. The van der Waals surface area contributed by atoms with Crippen LogP contribution in [0.15, 0.2) is 18.2 Å². The van der Waals surface area contributed by atoms with Gasteiger partial charge in [0.05, 0.1) is 24.0 Å². The Morgan fingerprint density at radius 1 is 1.52 bits per heavy atom. The minimum Gasteiger partial charge on any atom is -0.369 e. The van der Waals surface area contributed by atoms with Gasteiger partial charge < -0.3 is 19.3 Å². The van der Waals surface area contributed by atoms with Gasteiger partial charge >= 0.3 is 0 Å². The molecule has 1 amide bonds. The van der Waals surface area contributed by atoms with Crippen LogP contribution in [0.4, 0.5) is 10.1 Å². The molecule has 1 aromatic rings. The Balaban J connectivity index is 2.10. The largest absolute Gasteiger partial charge is 0.369 e. The highest BCUT2D eigenvalue weighted by Gasteiger charge is 2.34. The molecule has 1 aliphatic heterocycles. The summed E-state index contributed by atoms with van der Waals surface area (Å²) >= 11 is 0. The monoisotopic (exact) mass is 349 g/mol. The second-order valence-corrected chi connectivity index (χ2v) is 6.93. The third kappa shape index (κ3) is 4.91. The number of carbonyl (C=O) groups is 1. The molecule has 0 spiro atoms. The molecule has 1 fully saturated rings. The van der Waals surface area contributed by atoms with E-state index in [1.807, 2.05) is 24.8 Å². The zero-order chi connectivity index (χ0) is 18.6. The van der Waals surface area contributed by atoms with E-state index in [9.17, 15) is 14.4 Å². The number of nitrogens with zero attached hydrogens (tertiary/aromatic N) is 3. The molecule has 0 bridgehead atoms. The van der Waals surface area contributed by atoms with Crippen molar-refractivity contribution in [1.82, 2.24) is 4.90 Å². The maximum atomic E-state index is 13.9. The first-order valence-corrected chi connectivity index (χ1v) is 8.13. The molecule has 0 N–H and O–H groups in total. The first-order valence-electron chi connectivity index (χ1n) is 8.13. The van der Waals surface area contributed by atoms with E-state index < -0.39 is 11.4 Å². The number of ether oxygens (including phenoxy) is 2. The van der Waals surface area contributed by atoms with Gasteiger partial charge in [-0.1, -0.05) is 6.07 Å². The lowest BCUT2D eigenvalue weighted by atomic mass is 10.0. The van der Waals surface area contributed by atoms with Crippen molar-refractivity contribution in [2.75, 3.05) is 45.3 Å². The van der Waals surface area contributed by atoms with Gasteiger partial charge in [-0.15, -0.1) is 0 Å². The Hall–Kier alpha value is -2.17. The molecule has 1 saturated heterocycles. The maximum Gasteiger partial charge on any atom is 0.248 e. The molecule has 2 rings (SSSR count). The van der Waals surface area contributed by atoms with Gasteiger partial charge in [0.15, 0.2) is 0 Å². The average Bonchev–Trinajstić information content (AvgIpc) is 2.52. The number of nitriles is 1. The summed E-state index contributed by atoms with van der Waals surface area (Å²) in [6, 6.07) is 6.54. The van der Waals surface area contributed by atoms with Crippen molar-refractivity contribution >= 4 is 11.6 Å². The van der Waals surface area contributed by atoms with Gasteiger partial charge in [-0.2, -0.15) is 5.26 Å². The first kappa shape index (κ1) is 19.2. The predicted octanol–water partition coefficient (Wildman–Crippen LogP) is 1.79. The third-order valence-electron chi connectivity index (χ3n) is 3.95. The number of halogens is 1. The van der Waals surface area contributed by atoms with Crippen molar-refractivity contribution in [3.05, 3.63) is 29.6 Å². The Bertz CT molecular complexity index is 670. The Morgan fingerprint density at radius 3 is 2.88 bits per heavy atom. The van der Waals surface area contributed by atoms with Gasteiger partial charge in [0, 0.05) is 27.2 Å². The van der Waals surface area contributed by atoms with Crippen molar-refractivity contribution in [3.63, 3.8) is 0 Å². The smallest absolute Gasteiger partial charge is 0.248 e. The lowest BCUT2D eigenvalue weighted by Gasteiger charge is -2.44. The summed E-state index contributed by atoms with van der Waals surface area (Å²) in [6.45, 7) is 5.08. The van der Waals surface area contributed by atoms with Crippen molar-refractivity contribution in [1.29, 1.82) is 5.26 Å².